The van der Waals surface area contributed by atoms with Gasteiger partial charge in [0.25, 0.3) is 0 Å². The van der Waals surface area contributed by atoms with E-state index in [9.17, 15) is 4.79 Å². The Morgan fingerprint density at radius 2 is 1.71 bits per heavy atom. The van der Waals surface area contributed by atoms with Gasteiger partial charge < -0.3 is 16.0 Å². The van der Waals surface area contributed by atoms with Gasteiger partial charge in [-0.1, -0.05) is 27.7 Å². The Bertz CT molecular complexity index is 239. The predicted octanol–water partition coefficient (Wildman–Crippen LogP) is 1.86. The smallest absolute Gasteiger partial charge is 0.315 e. The zero-order valence-electron chi connectivity index (χ0n) is 11.0. The highest BCUT2D eigenvalue weighted by molar-refractivity contribution is 5.85. The molecule has 17 heavy (non-hydrogen) atoms. The lowest BCUT2D eigenvalue weighted by Gasteiger charge is -2.52. The molecule has 0 unspecified atom stereocenters. The van der Waals surface area contributed by atoms with Gasteiger partial charge in [0.2, 0.25) is 0 Å². The van der Waals surface area contributed by atoms with Gasteiger partial charge in [0.15, 0.2) is 0 Å². The Labute approximate surface area is 117 Å². The molecule has 1 heterocycles. The van der Waals surface area contributed by atoms with Gasteiger partial charge in [-0.15, -0.1) is 24.8 Å². The van der Waals surface area contributed by atoms with Crippen LogP contribution in [0.1, 0.15) is 27.7 Å². The predicted molar refractivity (Wildman–Crippen MR) is 76.1 cm³/mol. The number of nitrogens with two attached hydrogens (primary N) is 1. The topological polar surface area (TPSA) is 58.4 Å². The first-order valence-electron chi connectivity index (χ1n) is 5.70. The number of hydrogen-bond donors (Lipinski definition) is 2. The highest BCUT2D eigenvalue weighted by atomic mass is 35.5. The molecule has 0 atom stereocenters. The molecule has 0 aromatic carbocycles. The summed E-state index contributed by atoms with van der Waals surface area (Å²) in [5.41, 5.74) is 5.34. The van der Waals surface area contributed by atoms with E-state index in [-0.39, 0.29) is 36.4 Å². The van der Waals surface area contributed by atoms with Crippen molar-refractivity contribution in [3.8, 4) is 0 Å². The Balaban J connectivity index is 0. The molecule has 1 saturated heterocycles. The van der Waals surface area contributed by atoms with E-state index in [1.807, 2.05) is 4.90 Å². The molecule has 0 radical (unpaired) electrons. The quantitative estimate of drug-likeness (QED) is 0.814. The summed E-state index contributed by atoms with van der Waals surface area (Å²) in [6.07, 6.45) is 0. The molecule has 6 heteroatoms. The second-order valence-electron chi connectivity index (χ2n) is 4.97. The second-order valence-corrected chi connectivity index (χ2v) is 4.97. The first-order chi connectivity index (χ1) is 6.93. The average Bonchev–Trinajstić information content (AvgIpc) is 2.16. The van der Waals surface area contributed by atoms with Crippen LogP contribution in [0.3, 0.4) is 0 Å². The first kappa shape index (κ1) is 19.2. The van der Waals surface area contributed by atoms with E-state index in [0.29, 0.717) is 18.4 Å². The highest BCUT2D eigenvalue weighted by Crippen LogP contribution is 2.33. The number of hydrogen-bond acceptors (Lipinski definition) is 2. The molecule has 1 rings (SSSR count). The Kier molecular flexibility index (Phi) is 8.21. The standard InChI is InChI=1S/C11H23N3O.2ClH/c1-8(2)11(9(3)4)7-13-5-6-14(11)10(12)15;;/h8-9,13H,5-7H2,1-4H3,(H2,12,15);2*1H. The number of carbonyl (C=O) groups is 1. The number of urea groups is 1. The fraction of sp³-hybridized carbons (Fsp3) is 0.909. The highest BCUT2D eigenvalue weighted by Gasteiger charge is 2.45. The van der Waals surface area contributed by atoms with Crippen LogP contribution in [0.2, 0.25) is 0 Å². The van der Waals surface area contributed by atoms with Gasteiger partial charge >= 0.3 is 6.03 Å². The number of amides is 2. The molecular weight excluding hydrogens is 261 g/mol. The summed E-state index contributed by atoms with van der Waals surface area (Å²) >= 11 is 0. The zero-order valence-corrected chi connectivity index (χ0v) is 12.7. The minimum absolute atomic E-state index is 0. The van der Waals surface area contributed by atoms with Crippen molar-refractivity contribution in [3.05, 3.63) is 0 Å². The summed E-state index contributed by atoms with van der Waals surface area (Å²) in [4.78, 5) is 13.3. The molecule has 104 valence electrons. The maximum absolute atomic E-state index is 11.5. The van der Waals surface area contributed by atoms with Crippen molar-refractivity contribution in [2.75, 3.05) is 19.6 Å². The van der Waals surface area contributed by atoms with Crippen LogP contribution >= 0.6 is 24.8 Å². The van der Waals surface area contributed by atoms with Crippen molar-refractivity contribution in [2.24, 2.45) is 17.6 Å². The number of rotatable bonds is 2. The van der Waals surface area contributed by atoms with Crippen LogP contribution in [0.4, 0.5) is 4.79 Å². The lowest BCUT2D eigenvalue weighted by molar-refractivity contribution is 0.0177. The normalized spacial score (nSPS) is 18.6. The van der Waals surface area contributed by atoms with Gasteiger partial charge in [-0.25, -0.2) is 4.79 Å². The lowest BCUT2D eigenvalue weighted by atomic mass is 9.74. The van der Waals surface area contributed by atoms with E-state index in [1.54, 1.807) is 0 Å². The molecule has 1 fully saturated rings. The van der Waals surface area contributed by atoms with Gasteiger partial charge in [0.05, 0.1) is 5.54 Å². The molecule has 0 spiro atoms. The molecule has 0 aromatic heterocycles. The number of primary amides is 1. The van der Waals surface area contributed by atoms with Crippen LogP contribution in [0.25, 0.3) is 0 Å². The van der Waals surface area contributed by atoms with Crippen LogP contribution in [-0.4, -0.2) is 36.1 Å². The second kappa shape index (κ2) is 7.29. The number of halogens is 2. The number of nitrogens with one attached hydrogen (secondary N) is 1. The Morgan fingerprint density at radius 1 is 1.24 bits per heavy atom. The maximum atomic E-state index is 11.5. The average molecular weight is 286 g/mol. The molecule has 3 N–H and O–H groups in total. The maximum Gasteiger partial charge on any atom is 0.315 e. The number of carbonyl (C=O) groups excluding carboxylic acids is 1. The third-order valence-corrected chi connectivity index (χ3v) is 3.69. The minimum atomic E-state index is -0.293. The van der Waals surface area contributed by atoms with Crippen LogP contribution in [0, 0.1) is 11.8 Å². The number of piperazine rings is 1. The molecular formula is C11H25Cl2N3O. The fourth-order valence-electron chi connectivity index (χ4n) is 2.80. The summed E-state index contributed by atoms with van der Waals surface area (Å²) in [7, 11) is 0. The van der Waals surface area contributed by atoms with Gasteiger partial charge in [-0.05, 0) is 11.8 Å². The molecule has 2 amide bonds. The van der Waals surface area contributed by atoms with Crippen LogP contribution in [0.5, 0.6) is 0 Å². The SMILES string of the molecule is CC(C)C1(C(C)C)CNCCN1C(N)=O.Cl.Cl. The summed E-state index contributed by atoms with van der Waals surface area (Å²) < 4.78 is 0. The van der Waals surface area contributed by atoms with E-state index in [0.717, 1.165) is 13.1 Å². The van der Waals surface area contributed by atoms with Crippen molar-refractivity contribution in [1.82, 2.24) is 10.2 Å². The zero-order chi connectivity index (χ0) is 11.6. The molecule has 0 aromatic rings. The monoisotopic (exact) mass is 285 g/mol. The van der Waals surface area contributed by atoms with Crippen LogP contribution in [-0.2, 0) is 0 Å². The summed E-state index contributed by atoms with van der Waals surface area (Å²) in [5, 5.41) is 3.37. The van der Waals surface area contributed by atoms with Crippen molar-refractivity contribution in [2.45, 2.75) is 33.2 Å². The van der Waals surface area contributed by atoms with E-state index >= 15 is 0 Å². The van der Waals surface area contributed by atoms with Crippen molar-refractivity contribution < 1.29 is 4.79 Å². The first-order valence-corrected chi connectivity index (χ1v) is 5.70. The van der Waals surface area contributed by atoms with E-state index < -0.39 is 0 Å². The third-order valence-electron chi connectivity index (χ3n) is 3.69. The summed E-state index contributed by atoms with van der Waals surface area (Å²) in [5.74, 6) is 0.801. The number of nitrogens with zero attached hydrogens (tertiary/aromatic N) is 1. The van der Waals surface area contributed by atoms with Crippen molar-refractivity contribution >= 4 is 30.8 Å². The Morgan fingerprint density at radius 3 is 2.00 bits per heavy atom. The minimum Gasteiger partial charge on any atom is -0.351 e. The van der Waals surface area contributed by atoms with Gasteiger partial charge in [-0.2, -0.15) is 0 Å². The fourth-order valence-corrected chi connectivity index (χ4v) is 2.80. The van der Waals surface area contributed by atoms with Gasteiger partial charge in [0.1, 0.15) is 0 Å². The molecule has 0 bridgehead atoms. The van der Waals surface area contributed by atoms with Crippen LogP contribution in [0.15, 0.2) is 0 Å². The van der Waals surface area contributed by atoms with Crippen LogP contribution < -0.4 is 11.1 Å². The summed E-state index contributed by atoms with van der Waals surface area (Å²) in [6, 6.07) is -0.293. The van der Waals surface area contributed by atoms with Gasteiger partial charge in [-0.3, -0.25) is 0 Å². The molecule has 0 aliphatic carbocycles. The van der Waals surface area contributed by atoms with E-state index in [1.165, 1.54) is 0 Å². The third kappa shape index (κ3) is 3.39. The molecule has 4 nitrogen and oxygen atoms in total. The largest absolute Gasteiger partial charge is 0.351 e. The molecule has 1 aliphatic rings. The van der Waals surface area contributed by atoms with Crippen molar-refractivity contribution in [1.29, 1.82) is 0 Å². The van der Waals surface area contributed by atoms with Gasteiger partial charge in [0, 0.05) is 19.6 Å². The summed E-state index contributed by atoms with van der Waals surface area (Å²) in [6.45, 7) is 11.0. The van der Waals surface area contributed by atoms with E-state index in [2.05, 4.69) is 33.0 Å². The molecule has 1 aliphatic heterocycles. The Hall–Kier alpha value is -0.190. The van der Waals surface area contributed by atoms with Crippen molar-refractivity contribution in [3.63, 3.8) is 0 Å². The lowest BCUT2D eigenvalue weighted by Crippen LogP contribution is -2.69. The molecule has 0 saturated carbocycles. The van der Waals surface area contributed by atoms with E-state index in [4.69, 9.17) is 5.73 Å².